The van der Waals surface area contributed by atoms with Crippen molar-refractivity contribution in [2.24, 2.45) is 0 Å². The number of halogens is 1. The normalized spacial score (nSPS) is 10.4. The Bertz CT molecular complexity index is 614. The maximum absolute atomic E-state index is 12.3. The van der Waals surface area contributed by atoms with Gasteiger partial charge in [-0.2, -0.15) is 0 Å². The lowest BCUT2D eigenvalue weighted by Gasteiger charge is -2.14. The molecule has 2 rings (SSSR count). The number of pyridine rings is 1. The molecule has 0 radical (unpaired) electrons. The number of carbonyl (C=O) groups excluding carboxylic acids is 1. The summed E-state index contributed by atoms with van der Waals surface area (Å²) < 4.78 is 0. The van der Waals surface area contributed by atoms with Crippen LogP contribution in [0.1, 0.15) is 24.2 Å². The monoisotopic (exact) mass is 289 g/mol. The van der Waals surface area contributed by atoms with Crippen LogP contribution in [0.5, 0.6) is 0 Å². The van der Waals surface area contributed by atoms with Crippen LogP contribution in [0.3, 0.4) is 0 Å². The minimum Gasteiger partial charge on any atom is -0.382 e. The molecule has 0 unspecified atom stereocenters. The van der Waals surface area contributed by atoms with E-state index in [-0.39, 0.29) is 11.9 Å². The van der Waals surface area contributed by atoms with Gasteiger partial charge in [-0.15, -0.1) is 0 Å². The van der Waals surface area contributed by atoms with Gasteiger partial charge in [-0.05, 0) is 32.0 Å². The lowest BCUT2D eigenvalue weighted by atomic mass is 10.1. The molecule has 5 heteroatoms. The van der Waals surface area contributed by atoms with Crippen molar-refractivity contribution in [1.82, 2.24) is 4.98 Å². The van der Waals surface area contributed by atoms with Crippen molar-refractivity contribution >= 4 is 28.9 Å². The molecule has 20 heavy (non-hydrogen) atoms. The average Bonchev–Trinajstić information content (AvgIpc) is 2.41. The fourth-order valence-electron chi connectivity index (χ4n) is 1.78. The highest BCUT2D eigenvalue weighted by molar-refractivity contribution is 6.33. The van der Waals surface area contributed by atoms with Gasteiger partial charge < -0.3 is 10.6 Å². The van der Waals surface area contributed by atoms with E-state index in [0.29, 0.717) is 16.3 Å². The summed E-state index contributed by atoms with van der Waals surface area (Å²) in [4.78, 5) is 16.3. The van der Waals surface area contributed by atoms with Crippen molar-refractivity contribution in [1.29, 1.82) is 0 Å². The molecule has 1 aromatic heterocycles. The standard InChI is InChI=1S/C15H16ClN3O/c1-10(2)18-13-6-4-3-5-11(13)15(20)19-14-9-17-8-7-12(14)16/h3-10,18H,1-2H3,(H,19,20). The second kappa shape index (κ2) is 6.39. The Labute approximate surface area is 123 Å². The highest BCUT2D eigenvalue weighted by Gasteiger charge is 2.13. The zero-order chi connectivity index (χ0) is 14.5. The van der Waals surface area contributed by atoms with Crippen molar-refractivity contribution in [3.8, 4) is 0 Å². The van der Waals surface area contributed by atoms with Gasteiger partial charge in [0, 0.05) is 17.9 Å². The third kappa shape index (κ3) is 3.48. The van der Waals surface area contributed by atoms with Gasteiger partial charge in [0.05, 0.1) is 22.5 Å². The number of rotatable bonds is 4. The van der Waals surface area contributed by atoms with E-state index in [4.69, 9.17) is 11.6 Å². The molecule has 1 amide bonds. The molecule has 0 saturated carbocycles. The molecular formula is C15H16ClN3O. The molecular weight excluding hydrogens is 274 g/mol. The predicted octanol–water partition coefficient (Wildman–Crippen LogP) is 3.81. The summed E-state index contributed by atoms with van der Waals surface area (Å²) in [7, 11) is 0. The van der Waals surface area contributed by atoms with E-state index in [2.05, 4.69) is 15.6 Å². The van der Waals surface area contributed by atoms with Crippen LogP contribution >= 0.6 is 11.6 Å². The SMILES string of the molecule is CC(C)Nc1ccccc1C(=O)Nc1cnccc1Cl. The topological polar surface area (TPSA) is 54.0 Å². The molecule has 0 aliphatic rings. The Morgan fingerprint density at radius 3 is 2.65 bits per heavy atom. The van der Waals surface area contributed by atoms with E-state index in [1.807, 2.05) is 32.0 Å². The number of carbonyl (C=O) groups is 1. The summed E-state index contributed by atoms with van der Waals surface area (Å²) in [5.74, 6) is -0.219. The highest BCUT2D eigenvalue weighted by atomic mass is 35.5. The highest BCUT2D eigenvalue weighted by Crippen LogP contribution is 2.22. The number of nitrogens with one attached hydrogen (secondary N) is 2. The maximum atomic E-state index is 12.3. The number of para-hydroxylation sites is 1. The Kier molecular flexibility index (Phi) is 4.58. The number of benzene rings is 1. The fourth-order valence-corrected chi connectivity index (χ4v) is 1.93. The van der Waals surface area contributed by atoms with E-state index in [9.17, 15) is 4.79 Å². The number of hydrogen-bond acceptors (Lipinski definition) is 3. The van der Waals surface area contributed by atoms with Gasteiger partial charge in [0.15, 0.2) is 0 Å². The fraction of sp³-hybridized carbons (Fsp3) is 0.200. The van der Waals surface area contributed by atoms with Crippen LogP contribution in [0.25, 0.3) is 0 Å². The quantitative estimate of drug-likeness (QED) is 0.900. The van der Waals surface area contributed by atoms with Crippen LogP contribution in [0, 0.1) is 0 Å². The van der Waals surface area contributed by atoms with Crippen molar-refractivity contribution in [3.63, 3.8) is 0 Å². The smallest absolute Gasteiger partial charge is 0.257 e. The minimum absolute atomic E-state index is 0.219. The van der Waals surface area contributed by atoms with E-state index < -0.39 is 0 Å². The zero-order valence-electron chi connectivity index (χ0n) is 11.4. The second-order valence-corrected chi connectivity index (χ2v) is 5.06. The Balaban J connectivity index is 2.23. The molecule has 2 aromatic rings. The predicted molar refractivity (Wildman–Crippen MR) is 82.4 cm³/mol. The van der Waals surface area contributed by atoms with Crippen molar-refractivity contribution in [2.75, 3.05) is 10.6 Å². The van der Waals surface area contributed by atoms with E-state index in [0.717, 1.165) is 5.69 Å². The van der Waals surface area contributed by atoms with Gasteiger partial charge in [-0.3, -0.25) is 9.78 Å². The number of hydrogen-bond donors (Lipinski definition) is 2. The largest absolute Gasteiger partial charge is 0.382 e. The maximum Gasteiger partial charge on any atom is 0.257 e. The average molecular weight is 290 g/mol. The summed E-state index contributed by atoms with van der Waals surface area (Å²) in [6.45, 7) is 4.04. The van der Waals surface area contributed by atoms with Gasteiger partial charge in [-0.25, -0.2) is 0 Å². The number of aromatic nitrogens is 1. The molecule has 0 spiro atoms. The summed E-state index contributed by atoms with van der Waals surface area (Å²) in [6, 6.07) is 9.23. The molecule has 2 N–H and O–H groups in total. The Morgan fingerprint density at radius 2 is 1.95 bits per heavy atom. The van der Waals surface area contributed by atoms with Crippen LogP contribution in [-0.4, -0.2) is 16.9 Å². The molecule has 0 atom stereocenters. The van der Waals surface area contributed by atoms with Crippen molar-refractivity contribution in [3.05, 3.63) is 53.3 Å². The lowest BCUT2D eigenvalue weighted by molar-refractivity contribution is 0.102. The lowest BCUT2D eigenvalue weighted by Crippen LogP contribution is -2.17. The number of amides is 1. The second-order valence-electron chi connectivity index (χ2n) is 4.65. The first-order valence-corrected chi connectivity index (χ1v) is 6.72. The molecule has 0 saturated heterocycles. The molecule has 0 aliphatic carbocycles. The number of anilines is 2. The van der Waals surface area contributed by atoms with Crippen LogP contribution < -0.4 is 10.6 Å². The number of nitrogens with zero attached hydrogens (tertiary/aromatic N) is 1. The molecule has 0 aliphatic heterocycles. The Hall–Kier alpha value is -2.07. The first-order valence-electron chi connectivity index (χ1n) is 6.34. The summed E-state index contributed by atoms with van der Waals surface area (Å²) in [5.41, 5.74) is 1.86. The van der Waals surface area contributed by atoms with Crippen LogP contribution in [0.15, 0.2) is 42.7 Å². The van der Waals surface area contributed by atoms with Crippen molar-refractivity contribution < 1.29 is 4.79 Å². The Morgan fingerprint density at radius 1 is 1.20 bits per heavy atom. The molecule has 0 bridgehead atoms. The summed E-state index contributed by atoms with van der Waals surface area (Å²) in [5, 5.41) is 6.47. The van der Waals surface area contributed by atoms with Gasteiger partial charge in [0.25, 0.3) is 5.91 Å². The first kappa shape index (κ1) is 14.3. The summed E-state index contributed by atoms with van der Waals surface area (Å²) in [6.07, 6.45) is 3.10. The van der Waals surface area contributed by atoms with Crippen molar-refractivity contribution in [2.45, 2.75) is 19.9 Å². The van der Waals surface area contributed by atoms with Gasteiger partial charge in [0.1, 0.15) is 0 Å². The van der Waals surface area contributed by atoms with E-state index in [1.54, 1.807) is 18.3 Å². The van der Waals surface area contributed by atoms with Gasteiger partial charge >= 0.3 is 0 Å². The van der Waals surface area contributed by atoms with Crippen LogP contribution in [0.4, 0.5) is 11.4 Å². The van der Waals surface area contributed by atoms with E-state index >= 15 is 0 Å². The minimum atomic E-state index is -0.219. The van der Waals surface area contributed by atoms with Crippen LogP contribution in [-0.2, 0) is 0 Å². The first-order chi connectivity index (χ1) is 9.58. The van der Waals surface area contributed by atoms with Gasteiger partial charge in [0.2, 0.25) is 0 Å². The summed E-state index contributed by atoms with van der Waals surface area (Å²) >= 11 is 6.01. The molecule has 0 fully saturated rings. The molecule has 104 valence electrons. The van der Waals surface area contributed by atoms with Crippen LogP contribution in [0.2, 0.25) is 5.02 Å². The van der Waals surface area contributed by atoms with Gasteiger partial charge in [-0.1, -0.05) is 23.7 Å². The third-order valence-corrected chi connectivity index (χ3v) is 2.96. The molecule has 1 heterocycles. The van der Waals surface area contributed by atoms with E-state index in [1.165, 1.54) is 6.20 Å². The molecule has 4 nitrogen and oxygen atoms in total. The zero-order valence-corrected chi connectivity index (χ0v) is 12.1. The third-order valence-electron chi connectivity index (χ3n) is 2.63. The molecule has 1 aromatic carbocycles.